The van der Waals surface area contributed by atoms with Crippen molar-refractivity contribution in [2.45, 2.75) is 39.5 Å². The summed E-state index contributed by atoms with van der Waals surface area (Å²) in [7, 11) is 2.01. The molecule has 0 spiro atoms. The van der Waals surface area contributed by atoms with E-state index in [0.717, 1.165) is 59.6 Å². The zero-order chi connectivity index (χ0) is 41.1. The van der Waals surface area contributed by atoms with E-state index in [1.807, 2.05) is 84.9 Å². The molecule has 0 aliphatic rings. The summed E-state index contributed by atoms with van der Waals surface area (Å²) in [5.41, 5.74) is 17.8. The van der Waals surface area contributed by atoms with Crippen LogP contribution in [0.15, 0.2) is 183 Å². The summed E-state index contributed by atoms with van der Waals surface area (Å²) in [6.07, 6.45) is 11.7. The van der Waals surface area contributed by atoms with Gasteiger partial charge in [-0.05, 0) is 101 Å². The van der Waals surface area contributed by atoms with Crippen LogP contribution in [-0.4, -0.2) is 19.5 Å². The number of hydrogen-bond acceptors (Lipinski definition) is 3. The van der Waals surface area contributed by atoms with Crippen LogP contribution in [0.2, 0.25) is 0 Å². The number of rotatable bonds is 11. The quantitative estimate of drug-likeness (QED) is 0.121. The average molecular weight is 968 g/mol. The minimum atomic E-state index is 0. The van der Waals surface area contributed by atoms with E-state index in [-0.39, 0.29) is 20.1 Å². The van der Waals surface area contributed by atoms with Gasteiger partial charge < -0.3 is 14.5 Å². The summed E-state index contributed by atoms with van der Waals surface area (Å²) in [5.74, 6) is 0.947. The summed E-state index contributed by atoms with van der Waals surface area (Å²) in [6.45, 7) is 4.37. The monoisotopic (exact) mass is 968 g/mol. The maximum atomic E-state index is 4.63. The minimum Gasteiger partial charge on any atom is -0.373 e. The fraction of sp³-hybridized carbons (Fsp3) is 0.125. The van der Waals surface area contributed by atoms with Crippen LogP contribution in [0.5, 0.6) is 0 Å². The van der Waals surface area contributed by atoms with Crippen LogP contribution in [0.4, 0.5) is 0 Å². The van der Waals surface area contributed by atoms with Crippen molar-refractivity contribution < 1.29 is 20.1 Å². The molecule has 0 unspecified atom stereocenters. The van der Waals surface area contributed by atoms with Crippen LogP contribution < -0.4 is 0 Å². The van der Waals surface area contributed by atoms with Gasteiger partial charge in [0, 0.05) is 31.8 Å². The molecule has 0 saturated carbocycles. The maximum absolute atomic E-state index is 4.63. The topological polar surface area (TPSA) is 43.6 Å². The van der Waals surface area contributed by atoms with Crippen molar-refractivity contribution in [2.24, 2.45) is 7.05 Å². The molecule has 0 aliphatic heterocycles. The summed E-state index contributed by atoms with van der Waals surface area (Å²) in [5, 5.41) is 0. The SMILES string of the molecule is Cc1cc(-c2ccccc2)cc(C)c1-c1ccnc(-c2[c-]cccc2)c1.Cn1ccnc1-c1[c-]cc(CCc2cccc(CCc3ccc(-c4[c-]cccc4)nc3)c2)cc1.[Ir+3]. The smallest absolute Gasteiger partial charge is 0.373 e. The van der Waals surface area contributed by atoms with E-state index in [0.29, 0.717) is 0 Å². The Kier molecular flexibility index (Phi) is 14.4. The molecule has 61 heavy (non-hydrogen) atoms. The molecule has 0 aliphatic carbocycles. The molecule has 3 heterocycles. The number of hydrogen-bond donors (Lipinski definition) is 0. The molecule has 3 aromatic heterocycles. The van der Waals surface area contributed by atoms with Crippen molar-refractivity contribution in [3.63, 3.8) is 0 Å². The fourth-order valence-corrected chi connectivity index (χ4v) is 7.68. The van der Waals surface area contributed by atoms with Crippen molar-refractivity contribution >= 4 is 0 Å². The van der Waals surface area contributed by atoms with E-state index < -0.39 is 0 Å². The molecule has 0 amide bonds. The third kappa shape index (κ3) is 11.0. The van der Waals surface area contributed by atoms with Crippen LogP contribution in [0, 0.1) is 32.0 Å². The Morgan fingerprint density at radius 2 is 1.13 bits per heavy atom. The van der Waals surface area contributed by atoms with Crippen molar-refractivity contribution in [3.8, 4) is 56.2 Å². The van der Waals surface area contributed by atoms with Gasteiger partial charge in [0.2, 0.25) is 0 Å². The molecular formula is C56H47IrN4. The summed E-state index contributed by atoms with van der Waals surface area (Å²) >= 11 is 0. The van der Waals surface area contributed by atoms with Crippen molar-refractivity contribution in [2.75, 3.05) is 0 Å². The first-order valence-corrected chi connectivity index (χ1v) is 20.6. The normalized spacial score (nSPS) is 10.7. The van der Waals surface area contributed by atoms with Crippen LogP contribution in [-0.2, 0) is 52.8 Å². The predicted octanol–water partition coefficient (Wildman–Crippen LogP) is 12.8. The van der Waals surface area contributed by atoms with E-state index in [4.69, 9.17) is 0 Å². The molecular weight excluding hydrogens is 921 g/mol. The number of aryl methyl sites for hydroxylation is 7. The largest absolute Gasteiger partial charge is 3.00 e. The van der Waals surface area contributed by atoms with E-state index in [1.54, 1.807) is 0 Å². The minimum absolute atomic E-state index is 0. The summed E-state index contributed by atoms with van der Waals surface area (Å²) in [6, 6.07) is 64.8. The van der Waals surface area contributed by atoms with Gasteiger partial charge in [-0.2, -0.15) is 0 Å². The molecule has 9 aromatic rings. The average Bonchev–Trinajstić information content (AvgIpc) is 3.74. The molecule has 4 nitrogen and oxygen atoms in total. The second-order valence-corrected chi connectivity index (χ2v) is 15.2. The van der Waals surface area contributed by atoms with Crippen LogP contribution in [0.25, 0.3) is 56.2 Å². The van der Waals surface area contributed by atoms with Crippen molar-refractivity contribution in [3.05, 3.63) is 234 Å². The Hall–Kier alpha value is -6.52. The maximum Gasteiger partial charge on any atom is 3.00 e. The first kappa shape index (κ1) is 42.6. The van der Waals surface area contributed by atoms with Gasteiger partial charge in [-0.15, -0.1) is 107 Å². The zero-order valence-electron chi connectivity index (χ0n) is 34.8. The summed E-state index contributed by atoms with van der Waals surface area (Å²) in [4.78, 5) is 13.6. The van der Waals surface area contributed by atoms with Gasteiger partial charge in [-0.3, -0.25) is 4.98 Å². The Balaban J connectivity index is 0.000000187. The fourth-order valence-electron chi connectivity index (χ4n) is 7.68. The molecule has 0 fully saturated rings. The molecule has 0 radical (unpaired) electrons. The molecule has 0 atom stereocenters. The molecule has 9 rings (SSSR count). The third-order valence-electron chi connectivity index (χ3n) is 10.8. The molecule has 6 aromatic carbocycles. The van der Waals surface area contributed by atoms with E-state index in [1.165, 1.54) is 55.6 Å². The predicted molar refractivity (Wildman–Crippen MR) is 246 cm³/mol. The Labute approximate surface area is 374 Å². The van der Waals surface area contributed by atoms with Gasteiger partial charge in [0.15, 0.2) is 0 Å². The number of imidazole rings is 1. The number of aromatic nitrogens is 4. The standard InChI is InChI=1S/C31H27N3.C25H20N.Ir/c1-34-21-20-32-31(34)29-17-14-24(15-18-29)10-11-25-6-5-7-26(22-25)12-13-27-16-19-30(33-23-27)28-8-3-2-4-9-28;1-18-15-23(20-9-5-3-6-10-20)16-19(2)25(18)22-13-14-26-24(17-22)21-11-7-4-8-12-21;/h2-8,14-17,19-23H,10-13H2,1H3;3-11,13-17H,1-2H3;/q-2;-1;+3. The van der Waals surface area contributed by atoms with Crippen molar-refractivity contribution in [1.29, 1.82) is 0 Å². The summed E-state index contributed by atoms with van der Waals surface area (Å²) < 4.78 is 2.02. The van der Waals surface area contributed by atoms with Gasteiger partial charge in [-0.25, -0.2) is 0 Å². The van der Waals surface area contributed by atoms with Gasteiger partial charge in [0.25, 0.3) is 0 Å². The van der Waals surface area contributed by atoms with E-state index in [2.05, 4.69) is 156 Å². The molecule has 0 N–H and O–H groups in total. The van der Waals surface area contributed by atoms with Gasteiger partial charge in [0.1, 0.15) is 0 Å². The number of pyridine rings is 2. The van der Waals surface area contributed by atoms with Crippen molar-refractivity contribution in [1.82, 2.24) is 19.5 Å². The van der Waals surface area contributed by atoms with E-state index >= 15 is 0 Å². The van der Waals surface area contributed by atoms with Gasteiger partial charge in [-0.1, -0.05) is 91.3 Å². The molecule has 0 saturated heterocycles. The molecule has 300 valence electrons. The Morgan fingerprint density at radius 3 is 1.74 bits per heavy atom. The number of nitrogens with zero attached hydrogens (tertiary/aromatic N) is 4. The molecule has 5 heteroatoms. The third-order valence-corrected chi connectivity index (χ3v) is 10.8. The van der Waals surface area contributed by atoms with Crippen LogP contribution in [0.3, 0.4) is 0 Å². The van der Waals surface area contributed by atoms with Crippen LogP contribution in [0.1, 0.15) is 33.4 Å². The first-order chi connectivity index (χ1) is 29.5. The number of benzene rings is 6. The first-order valence-electron chi connectivity index (χ1n) is 20.6. The van der Waals surface area contributed by atoms with E-state index in [9.17, 15) is 0 Å². The Morgan fingerprint density at radius 1 is 0.475 bits per heavy atom. The van der Waals surface area contributed by atoms with Gasteiger partial charge >= 0.3 is 20.1 Å². The Bertz CT molecular complexity index is 2740. The second-order valence-electron chi connectivity index (χ2n) is 15.2. The zero-order valence-corrected chi connectivity index (χ0v) is 37.2. The molecule has 0 bridgehead atoms. The van der Waals surface area contributed by atoms with Crippen LogP contribution >= 0.6 is 0 Å². The second kappa shape index (κ2) is 20.6. The van der Waals surface area contributed by atoms with Gasteiger partial charge in [0.05, 0.1) is 5.82 Å².